The first kappa shape index (κ1) is 23.4. The van der Waals surface area contributed by atoms with Crippen LogP contribution in [0.25, 0.3) is 20.7 Å². The summed E-state index contributed by atoms with van der Waals surface area (Å²) in [5.41, 5.74) is 2.13. The Kier molecular flexibility index (Phi) is 6.80. The topological polar surface area (TPSA) is 101 Å². The van der Waals surface area contributed by atoms with E-state index in [0.29, 0.717) is 17.1 Å². The molecule has 0 aliphatic rings. The average Bonchev–Trinajstić information content (AvgIpc) is 3.23. The van der Waals surface area contributed by atoms with Crippen molar-refractivity contribution >= 4 is 54.9 Å². The molecule has 33 heavy (non-hydrogen) atoms. The van der Waals surface area contributed by atoms with Crippen molar-refractivity contribution < 1.29 is 13.2 Å². The summed E-state index contributed by atoms with van der Waals surface area (Å²) in [6.07, 6.45) is 0. The number of aromatic nitrogens is 2. The van der Waals surface area contributed by atoms with Crippen LogP contribution in [0, 0.1) is 13.8 Å². The van der Waals surface area contributed by atoms with Crippen LogP contribution in [0.4, 0.5) is 5.69 Å². The fourth-order valence-electron chi connectivity index (χ4n) is 3.26. The highest BCUT2D eigenvalue weighted by Gasteiger charge is 2.17. The average molecular weight is 499 g/mol. The van der Waals surface area contributed by atoms with E-state index in [4.69, 9.17) is 0 Å². The molecule has 1 amide bonds. The Hall–Kier alpha value is -2.79. The fourth-order valence-corrected chi connectivity index (χ4v) is 6.25. The molecule has 10 heteroatoms. The van der Waals surface area contributed by atoms with Crippen molar-refractivity contribution in [2.45, 2.75) is 23.8 Å². The van der Waals surface area contributed by atoms with Crippen LogP contribution in [-0.4, -0.2) is 37.1 Å². The number of nitrogens with zero attached hydrogens (tertiary/aromatic N) is 2. The van der Waals surface area contributed by atoms with Crippen LogP contribution in [0.15, 0.2) is 64.5 Å². The lowest BCUT2D eigenvalue weighted by molar-refractivity contribution is -0.113. The largest absolute Gasteiger partial charge is 0.325 e. The number of sulfonamides is 1. The predicted octanol–water partition coefficient (Wildman–Crippen LogP) is 4.61. The lowest BCUT2D eigenvalue weighted by atomic mass is 10.2. The number of hydrogen-bond donors (Lipinski definition) is 2. The Balaban J connectivity index is 1.52. The van der Waals surface area contributed by atoms with Gasteiger partial charge in [-0.3, -0.25) is 4.79 Å². The highest BCUT2D eigenvalue weighted by atomic mass is 32.2. The lowest BCUT2D eigenvalue weighted by Gasteiger charge is -2.10. The molecule has 4 aromatic rings. The molecule has 2 heterocycles. The van der Waals surface area contributed by atoms with Gasteiger partial charge in [-0.25, -0.2) is 23.1 Å². The van der Waals surface area contributed by atoms with E-state index in [1.54, 1.807) is 30.4 Å². The number of carbonyl (C=O) groups is 1. The van der Waals surface area contributed by atoms with Gasteiger partial charge in [0.2, 0.25) is 15.9 Å². The van der Waals surface area contributed by atoms with Gasteiger partial charge in [0.1, 0.15) is 15.7 Å². The van der Waals surface area contributed by atoms with E-state index >= 15 is 0 Å². The monoisotopic (exact) mass is 498 g/mol. The fraction of sp³-hybridized carbons (Fsp3) is 0.174. The third kappa shape index (κ3) is 5.25. The minimum atomic E-state index is -3.61. The number of rotatable bonds is 7. The van der Waals surface area contributed by atoms with Gasteiger partial charge in [-0.15, -0.1) is 11.3 Å². The highest BCUT2D eigenvalue weighted by molar-refractivity contribution is 8.00. The Labute approximate surface area is 200 Å². The summed E-state index contributed by atoms with van der Waals surface area (Å²) in [4.78, 5) is 23.8. The summed E-state index contributed by atoms with van der Waals surface area (Å²) < 4.78 is 26.7. The molecule has 0 bridgehead atoms. The number of benzene rings is 2. The van der Waals surface area contributed by atoms with Gasteiger partial charge < -0.3 is 5.32 Å². The van der Waals surface area contributed by atoms with Crippen molar-refractivity contribution in [1.82, 2.24) is 14.7 Å². The van der Waals surface area contributed by atoms with Gasteiger partial charge in [0.25, 0.3) is 0 Å². The molecule has 0 saturated carbocycles. The normalized spacial score (nSPS) is 11.6. The molecule has 7 nitrogen and oxygen atoms in total. The maximum absolute atomic E-state index is 12.6. The molecule has 2 aromatic heterocycles. The van der Waals surface area contributed by atoms with Gasteiger partial charge in [0.15, 0.2) is 0 Å². The smallest absolute Gasteiger partial charge is 0.240 e. The van der Waals surface area contributed by atoms with Crippen molar-refractivity contribution in [2.24, 2.45) is 0 Å². The number of anilines is 1. The van der Waals surface area contributed by atoms with Crippen LogP contribution in [0.3, 0.4) is 0 Å². The van der Waals surface area contributed by atoms with Crippen LogP contribution in [-0.2, 0) is 14.8 Å². The third-order valence-corrected chi connectivity index (χ3v) is 8.52. The zero-order chi connectivity index (χ0) is 23.6. The molecule has 0 aliphatic carbocycles. The number of hydrogen-bond acceptors (Lipinski definition) is 7. The number of thiophene rings is 1. The zero-order valence-electron chi connectivity index (χ0n) is 18.2. The molecule has 170 valence electrons. The number of fused-ring (bicyclic) bond motifs is 1. The van der Waals surface area contributed by atoms with E-state index in [0.717, 1.165) is 25.7 Å². The van der Waals surface area contributed by atoms with Crippen molar-refractivity contribution in [1.29, 1.82) is 0 Å². The Morgan fingerprint density at radius 1 is 1.06 bits per heavy atom. The molecule has 0 saturated heterocycles. The number of carbonyl (C=O) groups excluding carboxylic acids is 1. The van der Waals surface area contributed by atoms with Crippen LogP contribution in [0.2, 0.25) is 0 Å². The summed E-state index contributed by atoms with van der Waals surface area (Å²) in [5, 5.41) is 4.44. The molecule has 0 spiro atoms. The Morgan fingerprint density at radius 2 is 1.82 bits per heavy atom. The first-order valence-electron chi connectivity index (χ1n) is 10.1. The molecule has 2 N–H and O–H groups in total. The second-order valence-electron chi connectivity index (χ2n) is 7.30. The molecule has 0 fully saturated rings. The Bertz CT molecular complexity index is 1430. The maximum atomic E-state index is 12.6. The first-order chi connectivity index (χ1) is 15.8. The van der Waals surface area contributed by atoms with E-state index < -0.39 is 10.0 Å². The zero-order valence-corrected chi connectivity index (χ0v) is 20.7. The molecule has 0 unspecified atom stereocenters. The summed E-state index contributed by atoms with van der Waals surface area (Å²) in [6, 6.07) is 16.9. The molecular weight excluding hydrogens is 476 g/mol. The number of thioether (sulfide) groups is 1. The minimum Gasteiger partial charge on any atom is -0.325 e. The SMILES string of the molecule is CNS(=O)(=O)c1cc(NC(=O)CSc2nc(C)nc3sc(-c4ccccc4)cc23)ccc1C. The van der Waals surface area contributed by atoms with E-state index in [-0.39, 0.29) is 16.6 Å². The van der Waals surface area contributed by atoms with Gasteiger partial charge in [-0.05, 0) is 50.2 Å². The van der Waals surface area contributed by atoms with Crippen molar-refractivity contribution in [3.05, 3.63) is 66.0 Å². The van der Waals surface area contributed by atoms with E-state index in [1.165, 1.54) is 24.9 Å². The highest BCUT2D eigenvalue weighted by Crippen LogP contribution is 2.36. The summed E-state index contributed by atoms with van der Waals surface area (Å²) in [5.74, 6) is 0.524. The van der Waals surface area contributed by atoms with Crippen LogP contribution < -0.4 is 10.0 Å². The maximum Gasteiger partial charge on any atom is 0.240 e. The third-order valence-electron chi connectivity index (χ3n) is 4.90. The first-order valence-corrected chi connectivity index (χ1v) is 13.4. The molecule has 0 radical (unpaired) electrons. The molecule has 4 rings (SSSR count). The van der Waals surface area contributed by atoms with Crippen molar-refractivity contribution in [2.75, 3.05) is 18.1 Å². The summed E-state index contributed by atoms with van der Waals surface area (Å²) in [6.45, 7) is 3.54. The number of amides is 1. The van der Waals surface area contributed by atoms with Gasteiger partial charge in [-0.1, -0.05) is 48.2 Å². The number of nitrogens with one attached hydrogen (secondary N) is 2. The van der Waals surface area contributed by atoms with Gasteiger partial charge >= 0.3 is 0 Å². The van der Waals surface area contributed by atoms with Gasteiger partial charge in [-0.2, -0.15) is 0 Å². The summed E-state index contributed by atoms with van der Waals surface area (Å²) >= 11 is 2.93. The van der Waals surface area contributed by atoms with Crippen molar-refractivity contribution in [3.8, 4) is 10.4 Å². The molecule has 2 aromatic carbocycles. The standard InChI is InChI=1S/C23H22N4O3S3/c1-14-9-10-17(11-20(14)33(29,30)24-3)27-21(28)13-31-22-18-12-19(16-7-5-4-6-8-16)32-23(18)26-15(2)25-22/h4-12,24H,13H2,1-3H3,(H,27,28). The van der Waals surface area contributed by atoms with Gasteiger partial charge in [0.05, 0.1) is 10.6 Å². The second-order valence-corrected chi connectivity index (χ2v) is 11.1. The van der Waals surface area contributed by atoms with E-state index in [2.05, 4.69) is 38.2 Å². The molecular formula is C23H22N4O3S3. The second kappa shape index (κ2) is 9.60. The van der Waals surface area contributed by atoms with E-state index in [9.17, 15) is 13.2 Å². The molecule has 0 aliphatic heterocycles. The minimum absolute atomic E-state index is 0.129. The van der Waals surface area contributed by atoms with Crippen LogP contribution >= 0.6 is 23.1 Å². The number of aryl methyl sites for hydroxylation is 2. The molecule has 0 atom stereocenters. The van der Waals surface area contributed by atoms with Crippen molar-refractivity contribution in [3.63, 3.8) is 0 Å². The van der Waals surface area contributed by atoms with E-state index in [1.807, 2.05) is 25.1 Å². The van der Waals surface area contributed by atoms with Gasteiger partial charge in [0, 0.05) is 16.0 Å². The summed E-state index contributed by atoms with van der Waals surface area (Å²) in [7, 11) is -2.26. The van der Waals surface area contributed by atoms with Crippen LogP contribution in [0.1, 0.15) is 11.4 Å². The van der Waals surface area contributed by atoms with Crippen LogP contribution in [0.5, 0.6) is 0 Å². The predicted molar refractivity (Wildman–Crippen MR) is 134 cm³/mol. The quantitative estimate of drug-likeness (QED) is 0.285. The Morgan fingerprint density at radius 3 is 2.55 bits per heavy atom. The lowest BCUT2D eigenvalue weighted by Crippen LogP contribution is -2.20.